The molecule has 3 heteroatoms. The summed E-state index contributed by atoms with van der Waals surface area (Å²) < 4.78 is 14.8. The molecule has 0 amide bonds. The quantitative estimate of drug-likeness (QED) is 0.398. The summed E-state index contributed by atoms with van der Waals surface area (Å²) >= 11 is 0. The van der Waals surface area contributed by atoms with Crippen molar-refractivity contribution in [2.75, 3.05) is 33.7 Å². The van der Waals surface area contributed by atoms with Crippen molar-refractivity contribution in [1.82, 2.24) is 0 Å². The van der Waals surface area contributed by atoms with Gasteiger partial charge < -0.3 is 14.2 Å². The predicted octanol–water partition coefficient (Wildman–Crippen LogP) is 1.03. The summed E-state index contributed by atoms with van der Waals surface area (Å²) in [6.07, 6.45) is 1.06. The third-order valence-corrected chi connectivity index (χ3v) is 0.922. The Labute approximate surface area is 62.3 Å². The molecule has 10 heavy (non-hydrogen) atoms. The number of methoxy groups -OCH3 is 1. The zero-order chi connectivity index (χ0) is 7.66. The van der Waals surface area contributed by atoms with Crippen LogP contribution in [0, 0.1) is 0 Å². The van der Waals surface area contributed by atoms with Gasteiger partial charge in [-0.1, -0.05) is 6.92 Å². The maximum absolute atomic E-state index is 5.15. The summed E-state index contributed by atoms with van der Waals surface area (Å²) in [6, 6.07) is 0. The van der Waals surface area contributed by atoms with Gasteiger partial charge >= 0.3 is 0 Å². The number of hydrogen-bond donors (Lipinski definition) is 0. The van der Waals surface area contributed by atoms with Gasteiger partial charge in [-0.3, -0.25) is 0 Å². The molecule has 0 aliphatic heterocycles. The molecule has 0 unspecified atom stereocenters. The van der Waals surface area contributed by atoms with Crippen molar-refractivity contribution < 1.29 is 14.2 Å². The van der Waals surface area contributed by atoms with Crippen LogP contribution in [-0.2, 0) is 14.2 Å². The minimum Gasteiger partial charge on any atom is -0.379 e. The first kappa shape index (κ1) is 9.88. The average Bonchev–Trinajstić information content (AvgIpc) is 1.97. The molecular weight excluding hydrogens is 132 g/mol. The van der Waals surface area contributed by atoms with Crippen LogP contribution in [0.3, 0.4) is 0 Å². The molecule has 0 saturated heterocycles. The fourth-order valence-corrected chi connectivity index (χ4v) is 0.507. The Morgan fingerprint density at radius 3 is 2.30 bits per heavy atom. The Balaban J connectivity index is 2.65. The lowest BCUT2D eigenvalue weighted by atomic mass is 10.5. The Hall–Kier alpha value is -0.120. The van der Waals surface area contributed by atoms with Crippen LogP contribution in [0.25, 0.3) is 0 Å². The molecule has 0 radical (unpaired) electrons. The van der Waals surface area contributed by atoms with E-state index in [0.717, 1.165) is 13.0 Å². The highest BCUT2D eigenvalue weighted by molar-refractivity contribution is 4.27. The summed E-state index contributed by atoms with van der Waals surface area (Å²) in [7, 11) is 1.60. The second-order valence-electron chi connectivity index (χ2n) is 1.93. The zero-order valence-electron chi connectivity index (χ0n) is 6.76. The molecule has 0 aromatic rings. The van der Waals surface area contributed by atoms with Crippen LogP contribution >= 0.6 is 0 Å². The van der Waals surface area contributed by atoms with Gasteiger partial charge in [-0.2, -0.15) is 0 Å². The molecule has 0 aromatic heterocycles. The van der Waals surface area contributed by atoms with E-state index in [1.807, 2.05) is 0 Å². The minimum atomic E-state index is 0.357. The number of ether oxygens (including phenoxy) is 3. The van der Waals surface area contributed by atoms with Crippen molar-refractivity contribution in [3.8, 4) is 0 Å². The van der Waals surface area contributed by atoms with Crippen LogP contribution < -0.4 is 0 Å². The van der Waals surface area contributed by atoms with Crippen molar-refractivity contribution in [2.45, 2.75) is 13.3 Å². The van der Waals surface area contributed by atoms with Gasteiger partial charge in [0.1, 0.15) is 6.79 Å². The summed E-state index contributed by atoms with van der Waals surface area (Å²) in [5.41, 5.74) is 0. The first-order valence-corrected chi connectivity index (χ1v) is 3.56. The van der Waals surface area contributed by atoms with Gasteiger partial charge in [0.25, 0.3) is 0 Å². The Bertz CT molecular complexity index is 48.8. The van der Waals surface area contributed by atoms with Gasteiger partial charge in [0.2, 0.25) is 0 Å². The van der Waals surface area contributed by atoms with Gasteiger partial charge in [-0.15, -0.1) is 0 Å². The molecule has 0 bridgehead atoms. The lowest BCUT2D eigenvalue weighted by Gasteiger charge is -2.02. The van der Waals surface area contributed by atoms with Crippen molar-refractivity contribution in [3.63, 3.8) is 0 Å². The highest BCUT2D eigenvalue weighted by Gasteiger charge is 1.85. The van der Waals surface area contributed by atoms with Gasteiger partial charge in [0.05, 0.1) is 13.2 Å². The largest absolute Gasteiger partial charge is 0.379 e. The van der Waals surface area contributed by atoms with Crippen LogP contribution in [0.1, 0.15) is 13.3 Å². The number of rotatable bonds is 7. The maximum Gasteiger partial charge on any atom is 0.146 e. The summed E-state index contributed by atoms with van der Waals surface area (Å²) in [4.78, 5) is 0. The van der Waals surface area contributed by atoms with E-state index in [-0.39, 0.29) is 0 Å². The van der Waals surface area contributed by atoms with Crippen LogP contribution in [0.4, 0.5) is 0 Å². The van der Waals surface area contributed by atoms with Crippen LogP contribution in [0.2, 0.25) is 0 Å². The van der Waals surface area contributed by atoms with E-state index >= 15 is 0 Å². The average molecular weight is 148 g/mol. The normalized spacial score (nSPS) is 10.2. The summed E-state index contributed by atoms with van der Waals surface area (Å²) in [6.45, 7) is 4.53. The Morgan fingerprint density at radius 1 is 1.00 bits per heavy atom. The molecule has 0 rings (SSSR count). The molecule has 0 aliphatic carbocycles. The zero-order valence-corrected chi connectivity index (χ0v) is 6.76. The molecule has 0 atom stereocenters. The fourth-order valence-electron chi connectivity index (χ4n) is 0.507. The molecule has 3 nitrogen and oxygen atoms in total. The van der Waals surface area contributed by atoms with E-state index < -0.39 is 0 Å². The second kappa shape index (κ2) is 8.88. The highest BCUT2D eigenvalue weighted by Crippen LogP contribution is 1.81. The van der Waals surface area contributed by atoms with Crippen LogP contribution in [0.5, 0.6) is 0 Å². The molecule has 0 aromatic carbocycles. The van der Waals surface area contributed by atoms with Gasteiger partial charge in [0, 0.05) is 13.7 Å². The monoisotopic (exact) mass is 148 g/mol. The van der Waals surface area contributed by atoms with Crippen LogP contribution in [-0.4, -0.2) is 33.7 Å². The third-order valence-electron chi connectivity index (χ3n) is 0.922. The van der Waals surface area contributed by atoms with Gasteiger partial charge in [-0.25, -0.2) is 0 Å². The smallest absolute Gasteiger partial charge is 0.146 e. The molecule has 0 aliphatic rings. The van der Waals surface area contributed by atoms with Crippen LogP contribution in [0.15, 0.2) is 0 Å². The lowest BCUT2D eigenvalue weighted by Crippen LogP contribution is -2.06. The van der Waals surface area contributed by atoms with Gasteiger partial charge in [0.15, 0.2) is 0 Å². The molecule has 0 spiro atoms. The first-order valence-electron chi connectivity index (χ1n) is 3.56. The molecule has 0 fully saturated rings. The Morgan fingerprint density at radius 2 is 1.70 bits per heavy atom. The molecule has 0 heterocycles. The summed E-state index contributed by atoms with van der Waals surface area (Å²) in [5.74, 6) is 0. The topological polar surface area (TPSA) is 27.7 Å². The second-order valence-corrected chi connectivity index (χ2v) is 1.93. The van der Waals surface area contributed by atoms with E-state index in [4.69, 9.17) is 9.47 Å². The van der Waals surface area contributed by atoms with E-state index in [9.17, 15) is 0 Å². The third kappa shape index (κ3) is 7.88. The first-order chi connectivity index (χ1) is 4.91. The lowest BCUT2D eigenvalue weighted by molar-refractivity contribution is -0.0506. The van der Waals surface area contributed by atoms with Crippen molar-refractivity contribution >= 4 is 0 Å². The molecular formula is C7H16O3. The Kier molecular flexibility index (Phi) is 8.77. The molecule has 0 saturated carbocycles. The van der Waals surface area contributed by atoms with E-state index in [2.05, 4.69) is 11.7 Å². The molecule has 62 valence electrons. The number of hydrogen-bond acceptors (Lipinski definition) is 3. The van der Waals surface area contributed by atoms with Crippen molar-refractivity contribution in [1.29, 1.82) is 0 Å². The van der Waals surface area contributed by atoms with E-state index in [1.54, 1.807) is 7.11 Å². The SMILES string of the molecule is CCCOCCOCOC. The maximum atomic E-state index is 5.15. The fraction of sp³-hybridized carbons (Fsp3) is 1.00. The molecule has 0 N–H and O–H groups in total. The standard InChI is InChI=1S/C7H16O3/c1-3-4-9-5-6-10-7-8-2/h3-7H2,1-2H3. The highest BCUT2D eigenvalue weighted by atomic mass is 16.7. The predicted molar refractivity (Wildman–Crippen MR) is 38.9 cm³/mol. The van der Waals surface area contributed by atoms with Crippen molar-refractivity contribution in [2.24, 2.45) is 0 Å². The van der Waals surface area contributed by atoms with Gasteiger partial charge in [-0.05, 0) is 6.42 Å². The van der Waals surface area contributed by atoms with E-state index in [1.165, 1.54) is 0 Å². The summed E-state index contributed by atoms with van der Waals surface area (Å²) in [5, 5.41) is 0. The van der Waals surface area contributed by atoms with E-state index in [0.29, 0.717) is 20.0 Å². The van der Waals surface area contributed by atoms with Crippen molar-refractivity contribution in [3.05, 3.63) is 0 Å². The minimum absolute atomic E-state index is 0.357.